The van der Waals surface area contributed by atoms with Crippen LogP contribution in [0.5, 0.6) is 11.6 Å². The number of nitrogens with zero attached hydrogens (tertiary/aromatic N) is 4. The summed E-state index contributed by atoms with van der Waals surface area (Å²) in [6.07, 6.45) is 3.92. The van der Waals surface area contributed by atoms with Gasteiger partial charge in [0.2, 0.25) is 5.88 Å². The van der Waals surface area contributed by atoms with Crippen molar-refractivity contribution in [3.63, 3.8) is 0 Å². The summed E-state index contributed by atoms with van der Waals surface area (Å²) < 4.78 is 21.5. The van der Waals surface area contributed by atoms with Gasteiger partial charge in [-0.3, -0.25) is 0 Å². The average molecular weight is 388 g/mol. The number of aryl methyl sites for hydroxylation is 1. The third-order valence-electron chi connectivity index (χ3n) is 4.49. The van der Waals surface area contributed by atoms with Crippen molar-refractivity contribution in [3.05, 3.63) is 52.9 Å². The van der Waals surface area contributed by atoms with Gasteiger partial charge in [0.25, 0.3) is 0 Å². The quantitative estimate of drug-likeness (QED) is 0.686. The van der Waals surface area contributed by atoms with Crippen molar-refractivity contribution in [3.8, 4) is 23.0 Å². The summed E-state index contributed by atoms with van der Waals surface area (Å²) in [5.41, 5.74) is 7.38. The van der Waals surface area contributed by atoms with E-state index in [0.29, 0.717) is 39.5 Å². The van der Waals surface area contributed by atoms with Gasteiger partial charge in [0.1, 0.15) is 11.9 Å². The molecule has 0 unspecified atom stereocenters. The van der Waals surface area contributed by atoms with Crippen molar-refractivity contribution in [1.29, 1.82) is 0 Å². The van der Waals surface area contributed by atoms with E-state index < -0.39 is 6.17 Å². The first-order valence-corrected chi connectivity index (χ1v) is 9.10. The second-order valence-electron chi connectivity index (χ2n) is 6.59. The van der Waals surface area contributed by atoms with E-state index >= 15 is 0 Å². The van der Waals surface area contributed by atoms with E-state index in [9.17, 15) is 4.39 Å². The van der Waals surface area contributed by atoms with Crippen LogP contribution in [0.4, 0.5) is 4.39 Å². The van der Waals surface area contributed by atoms with E-state index in [1.807, 2.05) is 13.1 Å². The van der Waals surface area contributed by atoms with Crippen molar-refractivity contribution < 1.29 is 9.13 Å². The molecule has 3 aromatic rings. The van der Waals surface area contributed by atoms with Crippen LogP contribution in [-0.2, 0) is 7.05 Å². The Labute approximate surface area is 161 Å². The lowest BCUT2D eigenvalue weighted by molar-refractivity contribution is 0.351. The van der Waals surface area contributed by atoms with E-state index in [2.05, 4.69) is 15.1 Å². The lowest BCUT2D eigenvalue weighted by Gasteiger charge is -2.11. The molecule has 1 aromatic carbocycles. The number of hydrogen-bond donors (Lipinski definition) is 1. The van der Waals surface area contributed by atoms with Gasteiger partial charge in [-0.15, -0.1) is 0 Å². The molecule has 2 heterocycles. The zero-order valence-corrected chi connectivity index (χ0v) is 15.5. The first-order valence-electron chi connectivity index (χ1n) is 8.73. The Morgan fingerprint density at radius 3 is 2.70 bits per heavy atom. The molecule has 0 amide bonds. The molecule has 8 heteroatoms. The number of alkyl halides is 1. The molecule has 0 aliphatic heterocycles. The van der Waals surface area contributed by atoms with Gasteiger partial charge in [-0.25, -0.2) is 19.0 Å². The molecular formula is C19H19ClFN5O. The standard InChI is InChI=1S/C19H19ClFN5O/c1-26-18(7-16(25-26)11-2-3-11)27-17-6-13(20)4-5-14(17)19-23-9-12(10-24-19)15(21)8-22/h4-7,9-11,15H,2-3,8,22H2,1H3/t15-/m1/s1. The number of rotatable bonds is 6. The second kappa shape index (κ2) is 7.25. The monoisotopic (exact) mass is 387 g/mol. The molecular weight excluding hydrogens is 369 g/mol. The number of halogens is 2. The molecule has 1 saturated carbocycles. The van der Waals surface area contributed by atoms with Crippen molar-refractivity contribution in [2.75, 3.05) is 6.54 Å². The maximum Gasteiger partial charge on any atom is 0.217 e. The lowest BCUT2D eigenvalue weighted by Crippen LogP contribution is -2.08. The SMILES string of the molecule is Cn1nc(C2CC2)cc1Oc1cc(Cl)ccc1-c1ncc([C@H](F)CN)cn1. The summed E-state index contributed by atoms with van der Waals surface area (Å²) in [7, 11) is 1.84. The Morgan fingerprint density at radius 1 is 1.30 bits per heavy atom. The van der Waals surface area contributed by atoms with Crippen LogP contribution in [-0.4, -0.2) is 26.3 Å². The van der Waals surface area contributed by atoms with Crippen LogP contribution in [0.15, 0.2) is 36.7 Å². The third-order valence-corrected chi connectivity index (χ3v) is 4.73. The van der Waals surface area contributed by atoms with Crippen LogP contribution >= 0.6 is 11.6 Å². The molecule has 4 rings (SSSR count). The topological polar surface area (TPSA) is 78.8 Å². The highest BCUT2D eigenvalue weighted by Crippen LogP contribution is 2.41. The van der Waals surface area contributed by atoms with Gasteiger partial charge in [-0.1, -0.05) is 11.6 Å². The minimum absolute atomic E-state index is 0.109. The van der Waals surface area contributed by atoms with E-state index in [0.717, 1.165) is 18.5 Å². The molecule has 2 N–H and O–H groups in total. The Hall–Kier alpha value is -2.51. The largest absolute Gasteiger partial charge is 0.438 e. The molecule has 6 nitrogen and oxygen atoms in total. The predicted molar refractivity (Wildman–Crippen MR) is 101 cm³/mol. The minimum Gasteiger partial charge on any atom is -0.438 e. The molecule has 1 aliphatic rings. The van der Waals surface area contributed by atoms with Crippen LogP contribution < -0.4 is 10.5 Å². The highest BCUT2D eigenvalue weighted by molar-refractivity contribution is 6.30. The van der Waals surface area contributed by atoms with Gasteiger partial charge in [0, 0.05) is 54.6 Å². The molecule has 1 fully saturated rings. The minimum atomic E-state index is -1.28. The van der Waals surface area contributed by atoms with Gasteiger partial charge < -0.3 is 10.5 Å². The van der Waals surface area contributed by atoms with Crippen LogP contribution in [0.3, 0.4) is 0 Å². The first kappa shape index (κ1) is 17.9. The average Bonchev–Trinajstić information content (AvgIpc) is 3.46. The molecule has 27 heavy (non-hydrogen) atoms. The summed E-state index contributed by atoms with van der Waals surface area (Å²) in [5, 5.41) is 5.04. The molecule has 1 aliphatic carbocycles. The first-order chi connectivity index (χ1) is 13.0. The summed E-state index contributed by atoms with van der Waals surface area (Å²) in [4.78, 5) is 8.53. The number of benzene rings is 1. The normalized spacial score (nSPS) is 15.0. The number of nitrogens with two attached hydrogens (primary N) is 1. The van der Waals surface area contributed by atoms with Crippen LogP contribution in [0, 0.1) is 0 Å². The molecule has 0 bridgehead atoms. The summed E-state index contributed by atoms with van der Waals surface area (Å²) >= 11 is 6.15. The fourth-order valence-corrected chi connectivity index (χ4v) is 2.96. The highest BCUT2D eigenvalue weighted by atomic mass is 35.5. The molecule has 140 valence electrons. The van der Waals surface area contributed by atoms with Crippen molar-refractivity contribution in [1.82, 2.24) is 19.7 Å². The maximum absolute atomic E-state index is 13.7. The van der Waals surface area contributed by atoms with E-state index in [4.69, 9.17) is 22.1 Å². The third kappa shape index (κ3) is 3.79. The number of hydrogen-bond acceptors (Lipinski definition) is 5. The maximum atomic E-state index is 13.7. The fourth-order valence-electron chi connectivity index (χ4n) is 2.80. The number of aromatic nitrogens is 4. The van der Waals surface area contributed by atoms with Crippen LogP contribution in [0.1, 0.15) is 36.2 Å². The highest BCUT2D eigenvalue weighted by Gasteiger charge is 2.27. The van der Waals surface area contributed by atoms with E-state index in [-0.39, 0.29) is 6.54 Å². The molecule has 0 saturated heterocycles. The Morgan fingerprint density at radius 2 is 2.04 bits per heavy atom. The van der Waals surface area contributed by atoms with Gasteiger partial charge in [0.05, 0.1) is 11.3 Å². The summed E-state index contributed by atoms with van der Waals surface area (Å²) in [6.45, 7) is -0.109. The van der Waals surface area contributed by atoms with Crippen molar-refractivity contribution in [2.24, 2.45) is 12.8 Å². The van der Waals surface area contributed by atoms with Crippen molar-refractivity contribution in [2.45, 2.75) is 24.9 Å². The molecule has 2 aromatic heterocycles. The summed E-state index contributed by atoms with van der Waals surface area (Å²) in [6, 6.07) is 7.16. The van der Waals surface area contributed by atoms with Crippen LogP contribution in [0.2, 0.25) is 5.02 Å². The van der Waals surface area contributed by atoms with Gasteiger partial charge in [0.15, 0.2) is 5.82 Å². The van der Waals surface area contributed by atoms with Gasteiger partial charge >= 0.3 is 0 Å². The molecule has 0 spiro atoms. The molecule has 0 radical (unpaired) electrons. The van der Waals surface area contributed by atoms with Gasteiger partial charge in [-0.2, -0.15) is 5.10 Å². The second-order valence-corrected chi connectivity index (χ2v) is 7.03. The lowest BCUT2D eigenvalue weighted by atomic mass is 10.1. The summed E-state index contributed by atoms with van der Waals surface area (Å²) in [5.74, 6) is 2.07. The predicted octanol–water partition coefficient (Wildman–Crippen LogP) is 4.17. The Bertz CT molecular complexity index is 955. The fraction of sp³-hybridized carbons (Fsp3) is 0.316. The smallest absolute Gasteiger partial charge is 0.217 e. The van der Waals surface area contributed by atoms with E-state index in [1.165, 1.54) is 12.4 Å². The zero-order valence-electron chi connectivity index (χ0n) is 14.8. The van der Waals surface area contributed by atoms with E-state index in [1.54, 1.807) is 22.9 Å². The van der Waals surface area contributed by atoms with Crippen molar-refractivity contribution >= 4 is 11.6 Å². The Kier molecular flexibility index (Phi) is 4.80. The van der Waals surface area contributed by atoms with Gasteiger partial charge in [-0.05, 0) is 25.0 Å². The Balaban J connectivity index is 1.66. The molecule has 1 atom stereocenters. The van der Waals surface area contributed by atoms with Crippen LogP contribution in [0.25, 0.3) is 11.4 Å². The zero-order chi connectivity index (χ0) is 19.0. The number of ether oxygens (including phenoxy) is 1.